The number of halogens is 3. The molecule has 0 aliphatic carbocycles. The van der Waals surface area contributed by atoms with E-state index in [1.54, 1.807) is 4.72 Å². The van der Waals surface area contributed by atoms with Gasteiger partial charge in [-0.2, -0.15) is 0 Å². The van der Waals surface area contributed by atoms with Crippen LogP contribution in [-0.2, 0) is 16.6 Å². The van der Waals surface area contributed by atoms with Crippen LogP contribution in [0.3, 0.4) is 0 Å². The van der Waals surface area contributed by atoms with Crippen LogP contribution in [0.5, 0.6) is 11.6 Å². The summed E-state index contributed by atoms with van der Waals surface area (Å²) in [6, 6.07) is 2.71. The molecule has 12 heteroatoms. The van der Waals surface area contributed by atoms with Gasteiger partial charge in [-0.15, -0.1) is 0 Å². The van der Waals surface area contributed by atoms with Crippen LogP contribution in [0.25, 0.3) is 0 Å². The third kappa shape index (κ3) is 10.3. The van der Waals surface area contributed by atoms with Crippen molar-refractivity contribution in [2.45, 2.75) is 40.4 Å². The van der Waals surface area contributed by atoms with E-state index in [-0.39, 0.29) is 23.6 Å². The SMILES string of the molecule is CC(C)Oc1ncc(COc2cc(F)c(C(=O)NS(C)(=O)=O)cc2F)cc1Cl.CCNCC. The van der Waals surface area contributed by atoms with Crippen LogP contribution in [0.2, 0.25) is 5.02 Å². The second kappa shape index (κ2) is 13.3. The highest BCUT2D eigenvalue weighted by atomic mass is 35.5. The first-order valence-corrected chi connectivity index (χ1v) is 12.3. The molecule has 1 aromatic heterocycles. The van der Waals surface area contributed by atoms with Gasteiger partial charge in [0.25, 0.3) is 5.91 Å². The van der Waals surface area contributed by atoms with E-state index < -0.39 is 38.9 Å². The lowest BCUT2D eigenvalue weighted by Crippen LogP contribution is -2.30. The number of pyridine rings is 1. The molecule has 1 aromatic carbocycles. The molecule has 1 amide bonds. The first-order chi connectivity index (χ1) is 15.4. The Labute approximate surface area is 197 Å². The molecule has 0 bridgehead atoms. The maximum absolute atomic E-state index is 14.1. The van der Waals surface area contributed by atoms with E-state index >= 15 is 0 Å². The molecule has 0 radical (unpaired) electrons. The molecule has 0 unspecified atom stereocenters. The fourth-order valence-electron chi connectivity index (χ4n) is 2.30. The van der Waals surface area contributed by atoms with Crippen LogP contribution in [-0.4, -0.2) is 44.8 Å². The molecule has 184 valence electrons. The van der Waals surface area contributed by atoms with Crippen molar-refractivity contribution >= 4 is 27.5 Å². The fraction of sp³-hybridized carbons (Fsp3) is 0.429. The predicted octanol–water partition coefficient (Wildman–Crippen LogP) is 3.68. The van der Waals surface area contributed by atoms with Gasteiger partial charge in [-0.05, 0) is 39.1 Å². The zero-order valence-electron chi connectivity index (χ0n) is 19.0. The van der Waals surface area contributed by atoms with Crippen molar-refractivity contribution in [3.8, 4) is 11.6 Å². The molecule has 0 atom stereocenters. The summed E-state index contributed by atoms with van der Waals surface area (Å²) in [5, 5.41) is 3.34. The minimum Gasteiger partial charge on any atom is -0.486 e. The van der Waals surface area contributed by atoms with Gasteiger partial charge in [0.1, 0.15) is 17.4 Å². The minimum absolute atomic E-state index is 0.123. The van der Waals surface area contributed by atoms with Crippen LogP contribution in [0.1, 0.15) is 43.6 Å². The molecule has 0 aliphatic heterocycles. The molecule has 0 saturated heterocycles. The first kappa shape index (κ1) is 28.5. The first-order valence-electron chi connectivity index (χ1n) is 10.0. The third-order valence-electron chi connectivity index (χ3n) is 3.65. The number of hydrogen-bond donors (Lipinski definition) is 2. The monoisotopic (exact) mass is 507 g/mol. The Hall–Kier alpha value is -2.50. The minimum atomic E-state index is -3.92. The van der Waals surface area contributed by atoms with Gasteiger partial charge in [0.15, 0.2) is 11.6 Å². The van der Waals surface area contributed by atoms with Gasteiger partial charge in [0.05, 0.1) is 17.9 Å². The summed E-state index contributed by atoms with van der Waals surface area (Å²) in [5.41, 5.74) is -0.296. The zero-order valence-corrected chi connectivity index (χ0v) is 20.6. The predicted molar refractivity (Wildman–Crippen MR) is 122 cm³/mol. The highest BCUT2D eigenvalue weighted by Crippen LogP contribution is 2.26. The quantitative estimate of drug-likeness (QED) is 0.533. The molecule has 0 spiro atoms. The topological polar surface area (TPSA) is 107 Å². The van der Waals surface area contributed by atoms with Gasteiger partial charge in [-0.25, -0.2) is 26.9 Å². The van der Waals surface area contributed by atoms with E-state index in [1.807, 2.05) is 13.8 Å². The summed E-state index contributed by atoms with van der Waals surface area (Å²) in [6.07, 6.45) is 2.00. The number of sulfonamides is 1. The summed E-state index contributed by atoms with van der Waals surface area (Å²) in [5.74, 6) is -3.71. The average molecular weight is 508 g/mol. The number of amides is 1. The number of carbonyl (C=O) groups is 1. The van der Waals surface area contributed by atoms with Gasteiger partial charge < -0.3 is 14.8 Å². The molecule has 8 nitrogen and oxygen atoms in total. The molecule has 2 aromatic rings. The Morgan fingerprint density at radius 3 is 2.27 bits per heavy atom. The Kier molecular flexibility index (Phi) is 11.5. The molecule has 1 heterocycles. The maximum Gasteiger partial charge on any atom is 0.267 e. The van der Waals surface area contributed by atoms with Crippen molar-refractivity contribution in [3.05, 3.63) is 52.2 Å². The molecule has 2 N–H and O–H groups in total. The lowest BCUT2D eigenvalue weighted by Gasteiger charge is -2.12. The van der Waals surface area contributed by atoms with Crippen LogP contribution >= 0.6 is 11.6 Å². The highest BCUT2D eigenvalue weighted by molar-refractivity contribution is 7.89. The average Bonchev–Trinajstić information content (AvgIpc) is 2.69. The number of rotatable bonds is 9. The largest absolute Gasteiger partial charge is 0.486 e. The number of carbonyl (C=O) groups excluding carboxylic acids is 1. The van der Waals surface area contributed by atoms with Crippen molar-refractivity contribution in [1.82, 2.24) is 15.0 Å². The Bertz CT molecular complexity index is 1050. The maximum atomic E-state index is 14.1. The number of hydrogen-bond acceptors (Lipinski definition) is 7. The summed E-state index contributed by atoms with van der Waals surface area (Å²) >= 11 is 6.05. The van der Waals surface area contributed by atoms with Crippen molar-refractivity contribution in [3.63, 3.8) is 0 Å². The van der Waals surface area contributed by atoms with E-state index in [0.29, 0.717) is 24.0 Å². The normalized spacial score (nSPS) is 10.9. The van der Waals surface area contributed by atoms with Gasteiger partial charge in [0.2, 0.25) is 15.9 Å². The number of benzene rings is 1. The second-order valence-corrected chi connectivity index (χ2v) is 9.16. The van der Waals surface area contributed by atoms with Crippen molar-refractivity contribution in [1.29, 1.82) is 0 Å². The molecular weight excluding hydrogens is 480 g/mol. The second-order valence-electron chi connectivity index (χ2n) is 7.01. The van der Waals surface area contributed by atoms with Gasteiger partial charge >= 0.3 is 0 Å². The summed E-state index contributed by atoms with van der Waals surface area (Å²) in [7, 11) is -3.92. The Morgan fingerprint density at radius 1 is 1.15 bits per heavy atom. The van der Waals surface area contributed by atoms with Crippen molar-refractivity contribution < 1.29 is 31.5 Å². The molecule has 0 aliphatic rings. The van der Waals surface area contributed by atoms with E-state index in [1.165, 1.54) is 12.3 Å². The zero-order chi connectivity index (χ0) is 25.2. The van der Waals surface area contributed by atoms with Crippen molar-refractivity contribution in [2.75, 3.05) is 19.3 Å². The Balaban J connectivity index is 0.000000981. The number of aromatic nitrogens is 1. The number of ether oxygens (including phenoxy) is 2. The lowest BCUT2D eigenvalue weighted by atomic mass is 10.2. The number of nitrogens with zero attached hydrogens (tertiary/aromatic N) is 1. The standard InChI is InChI=1S/C17H17ClF2N2O5S.C4H11N/c1-9(2)27-17-12(18)4-10(7-21-17)8-26-15-6-13(19)11(5-14(15)20)16(23)22-28(3,24)25;1-3-5-4-2/h4-7,9H,8H2,1-3H3,(H,22,23);5H,3-4H2,1-2H3. The molecular formula is C21H28ClF2N3O5S. The van der Waals surface area contributed by atoms with Gasteiger partial charge in [-0.1, -0.05) is 25.4 Å². The number of nitrogens with one attached hydrogen (secondary N) is 2. The lowest BCUT2D eigenvalue weighted by molar-refractivity contribution is 0.0977. The van der Waals surface area contributed by atoms with Crippen molar-refractivity contribution in [2.24, 2.45) is 0 Å². The smallest absolute Gasteiger partial charge is 0.267 e. The fourth-order valence-corrected chi connectivity index (χ4v) is 2.98. The van der Waals surface area contributed by atoms with Crippen LogP contribution in [0, 0.1) is 11.6 Å². The van der Waals surface area contributed by atoms with Gasteiger partial charge in [0, 0.05) is 17.8 Å². The van der Waals surface area contributed by atoms with E-state index in [2.05, 4.69) is 24.1 Å². The Morgan fingerprint density at radius 2 is 1.79 bits per heavy atom. The van der Waals surface area contributed by atoms with Crippen LogP contribution < -0.4 is 19.5 Å². The van der Waals surface area contributed by atoms with E-state index in [0.717, 1.165) is 13.1 Å². The third-order valence-corrected chi connectivity index (χ3v) is 4.48. The van der Waals surface area contributed by atoms with Crippen LogP contribution in [0.15, 0.2) is 24.4 Å². The summed E-state index contributed by atoms with van der Waals surface area (Å²) in [4.78, 5) is 15.7. The highest BCUT2D eigenvalue weighted by Gasteiger charge is 2.19. The van der Waals surface area contributed by atoms with E-state index in [4.69, 9.17) is 21.1 Å². The summed E-state index contributed by atoms with van der Waals surface area (Å²) < 4.78 is 62.5. The molecule has 0 fully saturated rings. The molecule has 2 rings (SSSR count). The summed E-state index contributed by atoms with van der Waals surface area (Å²) in [6.45, 7) is 9.83. The van der Waals surface area contributed by atoms with Gasteiger partial charge in [-0.3, -0.25) is 4.79 Å². The molecule has 33 heavy (non-hydrogen) atoms. The molecule has 0 saturated carbocycles. The van der Waals surface area contributed by atoms with Crippen LogP contribution in [0.4, 0.5) is 8.78 Å². The van der Waals surface area contributed by atoms with E-state index in [9.17, 15) is 22.0 Å².